The van der Waals surface area contributed by atoms with Gasteiger partial charge in [0.2, 0.25) is 0 Å². The van der Waals surface area contributed by atoms with E-state index in [0.717, 1.165) is 11.1 Å². The van der Waals surface area contributed by atoms with Crippen LogP contribution in [0.4, 0.5) is 0 Å². The van der Waals surface area contributed by atoms with Gasteiger partial charge in [-0.2, -0.15) is 0 Å². The van der Waals surface area contributed by atoms with Gasteiger partial charge in [-0.05, 0) is 39.8 Å². The summed E-state index contributed by atoms with van der Waals surface area (Å²) >= 11 is 2.03. The summed E-state index contributed by atoms with van der Waals surface area (Å²) in [6.07, 6.45) is 1.74. The largest absolute Gasteiger partial charge is 0.328 e. The summed E-state index contributed by atoms with van der Waals surface area (Å²) in [6, 6.07) is 11.9. The van der Waals surface area contributed by atoms with Crippen molar-refractivity contribution in [2.24, 2.45) is 0 Å². The molecule has 0 aliphatic rings. The van der Waals surface area contributed by atoms with E-state index in [-0.39, 0.29) is 5.56 Å². The first kappa shape index (κ1) is 9.45. The highest BCUT2D eigenvalue weighted by Crippen LogP contribution is 2.17. The number of pyridine rings is 1. The average Bonchev–Trinajstić information content (AvgIpc) is 2.23. The van der Waals surface area contributed by atoms with E-state index in [1.54, 1.807) is 6.20 Å². The fourth-order valence-corrected chi connectivity index (χ4v) is 1.74. The maximum Gasteiger partial charge on any atom is 0.261 e. The number of H-pyrrole nitrogens is 1. The third-order valence-electron chi connectivity index (χ3n) is 1.97. The Morgan fingerprint density at radius 1 is 1.07 bits per heavy atom. The highest BCUT2D eigenvalue weighted by atomic mass is 127. The van der Waals surface area contributed by atoms with E-state index in [9.17, 15) is 4.79 Å². The van der Waals surface area contributed by atoms with E-state index in [4.69, 9.17) is 0 Å². The van der Waals surface area contributed by atoms with Gasteiger partial charge >= 0.3 is 0 Å². The Morgan fingerprint density at radius 2 is 1.79 bits per heavy atom. The van der Waals surface area contributed by atoms with Crippen molar-refractivity contribution >= 4 is 22.6 Å². The topological polar surface area (TPSA) is 32.9 Å². The third kappa shape index (κ3) is 1.87. The van der Waals surface area contributed by atoms with Crippen molar-refractivity contribution in [2.45, 2.75) is 0 Å². The van der Waals surface area contributed by atoms with Crippen LogP contribution in [0.5, 0.6) is 0 Å². The molecule has 0 aliphatic carbocycles. The van der Waals surface area contributed by atoms with Gasteiger partial charge in [0.05, 0.1) is 3.57 Å². The number of aromatic nitrogens is 1. The molecule has 0 aliphatic heterocycles. The monoisotopic (exact) mass is 297 g/mol. The summed E-state index contributed by atoms with van der Waals surface area (Å²) < 4.78 is 0.712. The van der Waals surface area contributed by atoms with Crippen LogP contribution in [-0.4, -0.2) is 4.98 Å². The fourth-order valence-electron chi connectivity index (χ4n) is 1.25. The molecule has 1 heterocycles. The highest BCUT2D eigenvalue weighted by Gasteiger charge is 1.99. The van der Waals surface area contributed by atoms with Crippen molar-refractivity contribution in [3.63, 3.8) is 0 Å². The van der Waals surface area contributed by atoms with Crippen LogP contribution in [-0.2, 0) is 0 Å². The van der Waals surface area contributed by atoms with Gasteiger partial charge in [0.1, 0.15) is 0 Å². The Morgan fingerprint density at radius 3 is 2.43 bits per heavy atom. The highest BCUT2D eigenvalue weighted by molar-refractivity contribution is 14.1. The van der Waals surface area contributed by atoms with Crippen molar-refractivity contribution in [3.05, 3.63) is 56.5 Å². The van der Waals surface area contributed by atoms with Gasteiger partial charge in [-0.15, -0.1) is 0 Å². The first-order valence-corrected chi connectivity index (χ1v) is 5.29. The molecule has 14 heavy (non-hydrogen) atoms. The summed E-state index contributed by atoms with van der Waals surface area (Å²) in [5.41, 5.74) is 2.11. The average molecular weight is 297 g/mol. The molecule has 0 saturated carbocycles. The lowest BCUT2D eigenvalue weighted by Gasteiger charge is -2.00. The molecule has 0 saturated heterocycles. The molecule has 0 fully saturated rings. The molecule has 70 valence electrons. The minimum absolute atomic E-state index is 0.0368. The smallest absolute Gasteiger partial charge is 0.261 e. The maximum atomic E-state index is 11.1. The SMILES string of the molecule is O=c1[nH]cc(-c2ccccc2)cc1I. The van der Waals surface area contributed by atoms with Crippen molar-refractivity contribution in [1.82, 2.24) is 4.98 Å². The second-order valence-electron chi connectivity index (χ2n) is 2.93. The molecular formula is C11H8INO. The van der Waals surface area contributed by atoms with Crippen molar-refractivity contribution in [1.29, 1.82) is 0 Å². The number of rotatable bonds is 1. The summed E-state index contributed by atoms with van der Waals surface area (Å²) in [6.45, 7) is 0. The van der Waals surface area contributed by atoms with E-state index < -0.39 is 0 Å². The number of halogens is 1. The van der Waals surface area contributed by atoms with Crippen LogP contribution in [0.25, 0.3) is 11.1 Å². The summed E-state index contributed by atoms with van der Waals surface area (Å²) in [5, 5.41) is 0. The molecule has 1 aromatic heterocycles. The van der Waals surface area contributed by atoms with E-state index in [1.807, 2.05) is 59.0 Å². The number of nitrogens with one attached hydrogen (secondary N) is 1. The molecular weight excluding hydrogens is 289 g/mol. The first-order chi connectivity index (χ1) is 6.77. The minimum Gasteiger partial charge on any atom is -0.328 e. The van der Waals surface area contributed by atoms with Gasteiger partial charge < -0.3 is 4.98 Å². The Bertz CT molecular complexity index is 490. The number of benzene rings is 1. The molecule has 0 spiro atoms. The number of hydrogen-bond donors (Lipinski definition) is 1. The Labute approximate surface area is 95.1 Å². The Hall–Kier alpha value is -1.10. The molecule has 0 amide bonds. The standard InChI is InChI=1S/C11H8INO/c12-10-6-9(7-13-11(10)14)8-4-2-1-3-5-8/h1-7H,(H,13,14). The number of hydrogen-bond acceptors (Lipinski definition) is 1. The van der Waals surface area contributed by atoms with Crippen LogP contribution < -0.4 is 5.56 Å². The number of aromatic amines is 1. The summed E-state index contributed by atoms with van der Waals surface area (Å²) in [7, 11) is 0. The molecule has 0 atom stereocenters. The fraction of sp³-hybridized carbons (Fsp3) is 0. The first-order valence-electron chi connectivity index (χ1n) is 4.21. The van der Waals surface area contributed by atoms with Gasteiger partial charge in [-0.3, -0.25) is 4.79 Å². The molecule has 2 nitrogen and oxygen atoms in total. The van der Waals surface area contributed by atoms with E-state index in [0.29, 0.717) is 3.57 Å². The second-order valence-corrected chi connectivity index (χ2v) is 4.09. The zero-order chi connectivity index (χ0) is 9.97. The van der Waals surface area contributed by atoms with E-state index in [2.05, 4.69) is 4.98 Å². The van der Waals surface area contributed by atoms with Gasteiger partial charge in [0.15, 0.2) is 0 Å². The molecule has 1 aromatic carbocycles. The van der Waals surface area contributed by atoms with Crippen LogP contribution in [0, 0.1) is 3.57 Å². The van der Waals surface area contributed by atoms with E-state index in [1.165, 1.54) is 0 Å². The molecule has 0 bridgehead atoms. The maximum absolute atomic E-state index is 11.1. The lowest BCUT2D eigenvalue weighted by molar-refractivity contribution is 1.22. The van der Waals surface area contributed by atoms with Crippen molar-refractivity contribution in [2.75, 3.05) is 0 Å². The zero-order valence-corrected chi connectivity index (χ0v) is 9.49. The molecule has 1 N–H and O–H groups in total. The second kappa shape index (κ2) is 3.96. The lowest BCUT2D eigenvalue weighted by atomic mass is 10.1. The van der Waals surface area contributed by atoms with Crippen molar-refractivity contribution in [3.8, 4) is 11.1 Å². The van der Waals surface area contributed by atoms with Crippen LogP contribution >= 0.6 is 22.6 Å². The third-order valence-corrected chi connectivity index (χ3v) is 2.77. The summed E-state index contributed by atoms with van der Waals surface area (Å²) in [5.74, 6) is 0. The van der Waals surface area contributed by atoms with Gasteiger partial charge in [0.25, 0.3) is 5.56 Å². The molecule has 2 aromatic rings. The minimum atomic E-state index is -0.0368. The predicted octanol–water partition coefficient (Wildman–Crippen LogP) is 2.65. The molecule has 0 radical (unpaired) electrons. The Kier molecular flexibility index (Phi) is 2.67. The Balaban J connectivity index is 2.54. The molecule has 3 heteroatoms. The lowest BCUT2D eigenvalue weighted by Crippen LogP contribution is -2.07. The van der Waals surface area contributed by atoms with E-state index >= 15 is 0 Å². The molecule has 0 unspecified atom stereocenters. The van der Waals surface area contributed by atoms with Crippen LogP contribution in [0.2, 0.25) is 0 Å². The van der Waals surface area contributed by atoms with Crippen molar-refractivity contribution < 1.29 is 0 Å². The zero-order valence-electron chi connectivity index (χ0n) is 7.33. The van der Waals surface area contributed by atoms with Crippen LogP contribution in [0.1, 0.15) is 0 Å². The van der Waals surface area contributed by atoms with Gasteiger partial charge in [0, 0.05) is 6.20 Å². The van der Waals surface area contributed by atoms with Crippen LogP contribution in [0.15, 0.2) is 47.4 Å². The van der Waals surface area contributed by atoms with Gasteiger partial charge in [-0.25, -0.2) is 0 Å². The molecule has 2 rings (SSSR count). The summed E-state index contributed by atoms with van der Waals surface area (Å²) in [4.78, 5) is 13.8. The normalized spacial score (nSPS) is 10.1. The quantitative estimate of drug-likeness (QED) is 0.807. The van der Waals surface area contributed by atoms with Crippen LogP contribution in [0.3, 0.4) is 0 Å². The van der Waals surface area contributed by atoms with Gasteiger partial charge in [-0.1, -0.05) is 30.3 Å². The predicted molar refractivity (Wildman–Crippen MR) is 65.2 cm³/mol.